The van der Waals surface area contributed by atoms with Crippen molar-refractivity contribution in [1.29, 1.82) is 0 Å². The molecule has 3 heteroatoms. The topological polar surface area (TPSA) is 17.8 Å². The number of fused-ring (bicyclic) bond motifs is 3. The highest BCUT2D eigenvalue weighted by Gasteiger charge is 2.18. The SMILES string of the molecule is Cc1c2nc3ccccc3c-2ccn1CCC[N+](C)(C)Cc1ccccc1. The molecular formula is C24H28N3+. The van der Waals surface area contributed by atoms with Crippen molar-refractivity contribution >= 4 is 10.9 Å². The largest absolute Gasteiger partial charge is 0.350 e. The highest BCUT2D eigenvalue weighted by Crippen LogP contribution is 2.32. The highest BCUT2D eigenvalue weighted by molar-refractivity contribution is 5.97. The molecule has 0 aromatic heterocycles. The maximum atomic E-state index is 4.86. The van der Waals surface area contributed by atoms with Crippen LogP contribution in [-0.4, -0.2) is 34.7 Å². The Labute approximate surface area is 161 Å². The maximum Gasteiger partial charge on any atom is 0.104 e. The molecule has 0 fully saturated rings. The molecule has 2 aliphatic rings. The third-order valence-electron chi connectivity index (χ3n) is 5.49. The Morgan fingerprint density at radius 1 is 0.926 bits per heavy atom. The van der Waals surface area contributed by atoms with E-state index in [1.807, 2.05) is 0 Å². The monoisotopic (exact) mass is 358 g/mol. The van der Waals surface area contributed by atoms with Crippen LogP contribution in [0.4, 0.5) is 0 Å². The van der Waals surface area contributed by atoms with Gasteiger partial charge in [0.15, 0.2) is 0 Å². The molecule has 0 saturated heterocycles. The van der Waals surface area contributed by atoms with Crippen molar-refractivity contribution in [2.24, 2.45) is 0 Å². The molecule has 0 bridgehead atoms. The first-order chi connectivity index (χ1) is 13.0. The molecule has 27 heavy (non-hydrogen) atoms. The summed E-state index contributed by atoms with van der Waals surface area (Å²) >= 11 is 0. The number of pyridine rings is 1. The molecule has 2 aromatic rings. The summed E-state index contributed by atoms with van der Waals surface area (Å²) in [7, 11) is 4.64. The predicted octanol–water partition coefficient (Wildman–Crippen LogP) is 5.12. The van der Waals surface area contributed by atoms with Crippen LogP contribution in [0, 0.1) is 6.92 Å². The summed E-state index contributed by atoms with van der Waals surface area (Å²) < 4.78 is 3.36. The van der Waals surface area contributed by atoms with E-state index in [0.717, 1.165) is 41.7 Å². The van der Waals surface area contributed by atoms with Crippen LogP contribution in [0.5, 0.6) is 0 Å². The van der Waals surface area contributed by atoms with Crippen molar-refractivity contribution < 1.29 is 4.48 Å². The van der Waals surface area contributed by atoms with Crippen LogP contribution in [0.25, 0.3) is 22.2 Å². The van der Waals surface area contributed by atoms with Gasteiger partial charge < -0.3 is 9.05 Å². The smallest absolute Gasteiger partial charge is 0.104 e. The fraction of sp³-hybridized carbons (Fsp3) is 0.292. The summed E-state index contributed by atoms with van der Waals surface area (Å²) in [6, 6.07) is 21.4. The molecule has 0 saturated carbocycles. The van der Waals surface area contributed by atoms with Crippen LogP contribution in [0.1, 0.15) is 17.7 Å². The Balaban J connectivity index is 1.47. The summed E-state index contributed by atoms with van der Waals surface area (Å²) in [4.78, 5) is 4.86. The molecule has 0 atom stereocenters. The van der Waals surface area contributed by atoms with E-state index in [1.54, 1.807) is 0 Å². The van der Waals surface area contributed by atoms with Gasteiger partial charge in [0.2, 0.25) is 0 Å². The first-order valence-corrected chi connectivity index (χ1v) is 9.74. The number of rotatable bonds is 6. The van der Waals surface area contributed by atoms with E-state index in [-0.39, 0.29) is 0 Å². The number of hydrogen-bond donors (Lipinski definition) is 0. The Kier molecular flexibility index (Phi) is 4.71. The zero-order valence-electron chi connectivity index (χ0n) is 16.5. The molecule has 2 aromatic carbocycles. The molecular weight excluding hydrogens is 330 g/mol. The van der Waals surface area contributed by atoms with Crippen molar-refractivity contribution in [1.82, 2.24) is 9.55 Å². The lowest BCUT2D eigenvalue weighted by Crippen LogP contribution is -2.40. The fourth-order valence-electron chi connectivity index (χ4n) is 4.03. The molecule has 4 rings (SSSR count). The van der Waals surface area contributed by atoms with Crippen LogP contribution in [-0.2, 0) is 13.1 Å². The van der Waals surface area contributed by atoms with Crippen LogP contribution >= 0.6 is 0 Å². The van der Waals surface area contributed by atoms with Gasteiger partial charge in [-0.2, -0.15) is 0 Å². The molecule has 0 N–H and O–H groups in total. The summed E-state index contributed by atoms with van der Waals surface area (Å²) in [5, 5.41) is 1.25. The van der Waals surface area contributed by atoms with Gasteiger partial charge in [-0.1, -0.05) is 48.5 Å². The molecule has 0 aliphatic carbocycles. The van der Waals surface area contributed by atoms with E-state index in [4.69, 9.17) is 4.98 Å². The van der Waals surface area contributed by atoms with Gasteiger partial charge in [-0.25, -0.2) is 4.98 Å². The van der Waals surface area contributed by atoms with Gasteiger partial charge >= 0.3 is 0 Å². The number of benzene rings is 2. The van der Waals surface area contributed by atoms with Crippen LogP contribution < -0.4 is 0 Å². The zero-order chi connectivity index (χ0) is 18.9. The van der Waals surface area contributed by atoms with Gasteiger partial charge in [0, 0.05) is 41.4 Å². The second-order valence-electron chi connectivity index (χ2n) is 8.14. The Bertz CT molecular complexity index is 1010. The number of para-hydroxylation sites is 1. The average molecular weight is 359 g/mol. The third-order valence-corrected chi connectivity index (χ3v) is 5.49. The van der Waals surface area contributed by atoms with E-state index in [1.165, 1.54) is 22.2 Å². The van der Waals surface area contributed by atoms with Gasteiger partial charge in [-0.15, -0.1) is 0 Å². The lowest BCUT2D eigenvalue weighted by atomic mass is 10.1. The van der Waals surface area contributed by atoms with E-state index in [9.17, 15) is 0 Å². The molecule has 3 nitrogen and oxygen atoms in total. The van der Waals surface area contributed by atoms with Gasteiger partial charge in [-0.05, 0) is 19.1 Å². The van der Waals surface area contributed by atoms with Crippen molar-refractivity contribution in [3.05, 3.63) is 78.1 Å². The minimum atomic E-state index is 1.00. The fourth-order valence-corrected chi connectivity index (χ4v) is 4.03. The van der Waals surface area contributed by atoms with Crippen LogP contribution in [0.3, 0.4) is 0 Å². The molecule has 0 spiro atoms. The molecule has 138 valence electrons. The van der Waals surface area contributed by atoms with Crippen molar-refractivity contribution in [2.75, 3.05) is 20.6 Å². The summed E-state index contributed by atoms with van der Waals surface area (Å²) in [6.07, 6.45) is 3.38. The van der Waals surface area contributed by atoms with Crippen molar-refractivity contribution in [3.63, 3.8) is 0 Å². The second-order valence-corrected chi connectivity index (χ2v) is 8.14. The van der Waals surface area contributed by atoms with Crippen LogP contribution in [0.15, 0.2) is 66.9 Å². The third kappa shape index (κ3) is 3.74. The summed E-state index contributed by atoms with van der Waals surface area (Å²) in [5.74, 6) is 0. The van der Waals surface area contributed by atoms with Crippen molar-refractivity contribution in [2.45, 2.75) is 26.4 Å². The van der Waals surface area contributed by atoms with E-state index in [0.29, 0.717) is 0 Å². The Hall–Kier alpha value is -2.65. The first kappa shape index (κ1) is 17.7. The minimum Gasteiger partial charge on any atom is -0.350 e. The standard InChI is InChI=1S/C24H28N3/c1-19-24-22(21-12-7-8-13-23(21)25-24)14-16-26(19)15-9-17-27(2,3)18-20-10-5-4-6-11-20/h4-8,10-14,16H,9,15,17-18H2,1-3H3/q+1. The number of aromatic nitrogens is 2. The average Bonchev–Trinajstić information content (AvgIpc) is 3.03. The Morgan fingerprint density at radius 2 is 1.67 bits per heavy atom. The predicted molar refractivity (Wildman–Crippen MR) is 113 cm³/mol. The first-order valence-electron chi connectivity index (χ1n) is 9.74. The van der Waals surface area contributed by atoms with Crippen molar-refractivity contribution in [3.8, 4) is 11.3 Å². The number of quaternary nitrogens is 1. The minimum absolute atomic E-state index is 1.00. The van der Waals surface area contributed by atoms with E-state index < -0.39 is 0 Å². The maximum absolute atomic E-state index is 4.86. The molecule has 0 amide bonds. The molecule has 2 aliphatic heterocycles. The quantitative estimate of drug-likeness (QED) is 0.438. The lowest BCUT2D eigenvalue weighted by molar-refractivity contribution is -0.903. The van der Waals surface area contributed by atoms with Gasteiger partial charge in [0.05, 0.1) is 31.9 Å². The highest BCUT2D eigenvalue weighted by atomic mass is 15.3. The summed E-state index contributed by atoms with van der Waals surface area (Å²) in [6.45, 7) is 5.44. The van der Waals surface area contributed by atoms with E-state index >= 15 is 0 Å². The van der Waals surface area contributed by atoms with Gasteiger partial charge in [0.1, 0.15) is 6.54 Å². The van der Waals surface area contributed by atoms with Crippen LogP contribution in [0.2, 0.25) is 0 Å². The normalized spacial score (nSPS) is 12.1. The number of nitrogens with zero attached hydrogens (tertiary/aromatic N) is 3. The zero-order valence-corrected chi connectivity index (χ0v) is 16.5. The second kappa shape index (κ2) is 7.16. The molecule has 0 unspecified atom stereocenters. The number of hydrogen-bond acceptors (Lipinski definition) is 1. The lowest BCUT2D eigenvalue weighted by Gasteiger charge is -2.30. The van der Waals surface area contributed by atoms with E-state index in [2.05, 4.69) is 92.4 Å². The molecule has 0 radical (unpaired) electrons. The number of aryl methyl sites for hydroxylation is 1. The van der Waals surface area contributed by atoms with Gasteiger partial charge in [-0.3, -0.25) is 0 Å². The summed E-state index contributed by atoms with van der Waals surface area (Å²) in [5.41, 5.74) is 6.16. The van der Waals surface area contributed by atoms with Gasteiger partial charge in [0.25, 0.3) is 0 Å². The Morgan fingerprint density at radius 3 is 2.48 bits per heavy atom. The molecule has 2 heterocycles.